The van der Waals surface area contributed by atoms with E-state index in [1.54, 1.807) is 18.4 Å². The lowest BCUT2D eigenvalue weighted by Crippen LogP contribution is -2.48. The molecule has 0 spiro atoms. The van der Waals surface area contributed by atoms with Crippen LogP contribution in [0.3, 0.4) is 0 Å². The van der Waals surface area contributed by atoms with E-state index in [2.05, 4.69) is 15.5 Å². The summed E-state index contributed by atoms with van der Waals surface area (Å²) in [4.78, 5) is 28.8. The second kappa shape index (κ2) is 9.82. The number of hydrogen-bond donors (Lipinski definition) is 2. The van der Waals surface area contributed by atoms with Gasteiger partial charge in [-0.05, 0) is 45.1 Å². The number of fused-ring (bicyclic) bond motifs is 1. The first kappa shape index (κ1) is 21.2. The van der Waals surface area contributed by atoms with Crippen LogP contribution in [0, 0.1) is 0 Å². The van der Waals surface area contributed by atoms with Crippen molar-refractivity contribution < 1.29 is 19.1 Å². The van der Waals surface area contributed by atoms with Gasteiger partial charge in [-0.1, -0.05) is 0 Å². The maximum absolute atomic E-state index is 12.8. The second-order valence-electron chi connectivity index (χ2n) is 7.66. The predicted octanol–water partition coefficient (Wildman–Crippen LogP) is 2.05. The zero-order chi connectivity index (χ0) is 20.1. The standard InChI is InChI=1S/C20H31N3O4S/c1-13-10-23(11-14(2)27-13)12-17(24)22-20-18(19(25)21-8-9-26-3)15-6-4-5-7-16(15)28-20/h13-14H,4-12H2,1-3H3,(H,21,25)(H,22,24)/t13-,14-/m1/s1. The van der Waals surface area contributed by atoms with Crippen molar-refractivity contribution in [2.45, 2.75) is 51.7 Å². The molecule has 1 aromatic heterocycles. The number of nitrogens with one attached hydrogen (secondary N) is 2. The Kier molecular flexibility index (Phi) is 7.45. The summed E-state index contributed by atoms with van der Waals surface area (Å²) in [6.07, 6.45) is 4.33. The maximum atomic E-state index is 12.8. The number of amides is 2. The molecule has 1 aliphatic carbocycles. The van der Waals surface area contributed by atoms with E-state index in [1.165, 1.54) is 4.88 Å². The van der Waals surface area contributed by atoms with Gasteiger partial charge in [-0.25, -0.2) is 0 Å². The Balaban J connectivity index is 1.70. The van der Waals surface area contributed by atoms with Crippen LogP contribution in [0.2, 0.25) is 0 Å². The molecule has 2 aliphatic rings. The molecule has 0 aromatic carbocycles. The van der Waals surface area contributed by atoms with Crippen molar-refractivity contribution in [2.75, 3.05) is 45.2 Å². The van der Waals surface area contributed by atoms with E-state index in [1.807, 2.05) is 13.8 Å². The van der Waals surface area contributed by atoms with E-state index in [0.29, 0.717) is 30.3 Å². The molecule has 1 fully saturated rings. The fraction of sp³-hybridized carbons (Fsp3) is 0.700. The van der Waals surface area contributed by atoms with Crippen LogP contribution in [-0.4, -0.2) is 68.8 Å². The summed E-state index contributed by atoms with van der Waals surface area (Å²) in [6.45, 7) is 6.76. The summed E-state index contributed by atoms with van der Waals surface area (Å²) in [5.74, 6) is -0.203. The van der Waals surface area contributed by atoms with Crippen molar-refractivity contribution in [2.24, 2.45) is 0 Å². The number of morpholine rings is 1. The number of thiophene rings is 1. The normalized spacial score (nSPS) is 22.5. The fourth-order valence-electron chi connectivity index (χ4n) is 4.03. The van der Waals surface area contributed by atoms with Crippen molar-refractivity contribution in [1.29, 1.82) is 0 Å². The van der Waals surface area contributed by atoms with Gasteiger partial charge in [-0.2, -0.15) is 0 Å². The molecule has 0 bridgehead atoms. The highest BCUT2D eigenvalue weighted by molar-refractivity contribution is 7.17. The third-order valence-corrected chi connectivity index (χ3v) is 6.31. The SMILES string of the molecule is COCCNC(=O)c1c(NC(=O)CN2C[C@@H](C)O[C@H](C)C2)sc2c1CCCC2. The second-order valence-corrected chi connectivity index (χ2v) is 8.77. The lowest BCUT2D eigenvalue weighted by atomic mass is 9.95. The quantitative estimate of drug-likeness (QED) is 0.674. The zero-order valence-corrected chi connectivity index (χ0v) is 17.8. The van der Waals surface area contributed by atoms with Gasteiger partial charge in [0.15, 0.2) is 0 Å². The first-order valence-corrected chi connectivity index (χ1v) is 10.9. The first-order valence-electron chi connectivity index (χ1n) is 10.1. The number of carbonyl (C=O) groups is 2. The van der Waals surface area contributed by atoms with Crippen LogP contribution >= 0.6 is 11.3 Å². The molecule has 2 N–H and O–H groups in total. The molecule has 28 heavy (non-hydrogen) atoms. The average molecular weight is 410 g/mol. The summed E-state index contributed by atoms with van der Waals surface area (Å²) < 4.78 is 10.8. The van der Waals surface area contributed by atoms with E-state index >= 15 is 0 Å². The summed E-state index contributed by atoms with van der Waals surface area (Å²) in [7, 11) is 1.61. The maximum Gasteiger partial charge on any atom is 0.254 e. The molecule has 1 aromatic rings. The number of hydrogen-bond acceptors (Lipinski definition) is 6. The van der Waals surface area contributed by atoms with Crippen molar-refractivity contribution in [3.05, 3.63) is 16.0 Å². The van der Waals surface area contributed by atoms with Gasteiger partial charge in [0.25, 0.3) is 5.91 Å². The molecule has 8 heteroatoms. The van der Waals surface area contributed by atoms with Gasteiger partial charge in [-0.15, -0.1) is 11.3 Å². The highest BCUT2D eigenvalue weighted by Gasteiger charge is 2.28. The predicted molar refractivity (Wildman–Crippen MR) is 110 cm³/mol. The largest absolute Gasteiger partial charge is 0.383 e. The van der Waals surface area contributed by atoms with Gasteiger partial charge in [0.05, 0.1) is 30.9 Å². The fourth-order valence-corrected chi connectivity index (χ4v) is 5.33. The molecule has 7 nitrogen and oxygen atoms in total. The number of nitrogens with zero attached hydrogens (tertiary/aromatic N) is 1. The smallest absolute Gasteiger partial charge is 0.254 e. The Bertz CT molecular complexity index is 696. The summed E-state index contributed by atoms with van der Waals surface area (Å²) in [5, 5.41) is 6.61. The minimum absolute atomic E-state index is 0.0779. The molecule has 3 rings (SSSR count). The third kappa shape index (κ3) is 5.31. The number of anilines is 1. The first-order chi connectivity index (χ1) is 13.5. The summed E-state index contributed by atoms with van der Waals surface area (Å²) >= 11 is 1.55. The van der Waals surface area contributed by atoms with Crippen LogP contribution in [0.1, 0.15) is 47.5 Å². The van der Waals surface area contributed by atoms with Gasteiger partial charge in [0.1, 0.15) is 5.00 Å². The topological polar surface area (TPSA) is 79.9 Å². The molecule has 2 atom stereocenters. The van der Waals surface area contributed by atoms with Crippen LogP contribution in [0.4, 0.5) is 5.00 Å². The number of rotatable bonds is 7. The molecule has 1 saturated heterocycles. The van der Waals surface area contributed by atoms with Crippen LogP contribution in [-0.2, 0) is 27.1 Å². The minimum Gasteiger partial charge on any atom is -0.383 e. The number of aryl methyl sites for hydroxylation is 1. The lowest BCUT2D eigenvalue weighted by Gasteiger charge is -2.34. The minimum atomic E-state index is -0.125. The van der Waals surface area contributed by atoms with Crippen molar-refractivity contribution in [3.8, 4) is 0 Å². The van der Waals surface area contributed by atoms with E-state index < -0.39 is 0 Å². The van der Waals surface area contributed by atoms with Gasteiger partial charge >= 0.3 is 0 Å². The van der Waals surface area contributed by atoms with E-state index in [4.69, 9.17) is 9.47 Å². The van der Waals surface area contributed by atoms with Gasteiger partial charge < -0.3 is 20.1 Å². The third-order valence-electron chi connectivity index (χ3n) is 5.11. The number of ether oxygens (including phenoxy) is 2. The molecule has 2 heterocycles. The Morgan fingerprint density at radius 1 is 1.21 bits per heavy atom. The van der Waals surface area contributed by atoms with E-state index in [0.717, 1.165) is 44.3 Å². The summed E-state index contributed by atoms with van der Waals surface area (Å²) in [6, 6.07) is 0. The Labute approximate surface area is 170 Å². The lowest BCUT2D eigenvalue weighted by molar-refractivity contribution is -0.121. The van der Waals surface area contributed by atoms with Crippen LogP contribution in [0.5, 0.6) is 0 Å². The Hall–Kier alpha value is -1.48. The van der Waals surface area contributed by atoms with E-state index in [-0.39, 0.29) is 24.0 Å². The molecule has 156 valence electrons. The average Bonchev–Trinajstić information content (AvgIpc) is 2.98. The van der Waals surface area contributed by atoms with Crippen LogP contribution in [0.15, 0.2) is 0 Å². The van der Waals surface area contributed by atoms with Crippen molar-refractivity contribution >= 4 is 28.2 Å². The molecule has 0 saturated carbocycles. The Morgan fingerprint density at radius 2 is 1.93 bits per heavy atom. The highest BCUT2D eigenvalue weighted by atomic mass is 32.1. The monoisotopic (exact) mass is 409 g/mol. The number of carbonyl (C=O) groups excluding carboxylic acids is 2. The van der Waals surface area contributed by atoms with Crippen LogP contribution in [0.25, 0.3) is 0 Å². The molecular formula is C20H31N3O4S. The van der Waals surface area contributed by atoms with E-state index in [9.17, 15) is 9.59 Å². The Morgan fingerprint density at radius 3 is 2.64 bits per heavy atom. The summed E-state index contributed by atoms with van der Waals surface area (Å²) in [5.41, 5.74) is 1.75. The number of methoxy groups -OCH3 is 1. The van der Waals surface area contributed by atoms with Gasteiger partial charge in [0.2, 0.25) is 5.91 Å². The van der Waals surface area contributed by atoms with Crippen molar-refractivity contribution in [3.63, 3.8) is 0 Å². The zero-order valence-electron chi connectivity index (χ0n) is 17.0. The molecule has 2 amide bonds. The molecule has 0 unspecified atom stereocenters. The van der Waals surface area contributed by atoms with Gasteiger partial charge in [0, 0.05) is 31.6 Å². The van der Waals surface area contributed by atoms with Crippen molar-refractivity contribution in [1.82, 2.24) is 10.2 Å². The van der Waals surface area contributed by atoms with Gasteiger partial charge in [-0.3, -0.25) is 14.5 Å². The molecule has 1 aliphatic heterocycles. The van der Waals surface area contributed by atoms with Crippen LogP contribution < -0.4 is 10.6 Å². The highest BCUT2D eigenvalue weighted by Crippen LogP contribution is 2.38. The molecule has 0 radical (unpaired) electrons. The molecular weight excluding hydrogens is 378 g/mol.